The molecular weight excluding hydrogens is 460 g/mol. The molecule has 1 atom stereocenters. The molecule has 0 spiro atoms. The van der Waals surface area contributed by atoms with Gasteiger partial charge >= 0.3 is 5.97 Å². The normalized spacial score (nSPS) is 13.4. The molecule has 0 bridgehead atoms. The molecule has 34 heavy (non-hydrogen) atoms. The number of carbonyl (C=O) groups is 2. The van der Waals surface area contributed by atoms with Crippen LogP contribution in [0.2, 0.25) is 0 Å². The molecule has 1 amide bonds. The van der Waals surface area contributed by atoms with Gasteiger partial charge in [0.2, 0.25) is 0 Å². The summed E-state index contributed by atoms with van der Waals surface area (Å²) in [7, 11) is -3.89. The summed E-state index contributed by atoms with van der Waals surface area (Å²) in [6.07, 6.45) is -1.03. The van der Waals surface area contributed by atoms with Crippen molar-refractivity contribution in [3.63, 3.8) is 0 Å². The van der Waals surface area contributed by atoms with Crippen LogP contribution in [0.1, 0.15) is 17.3 Å². The van der Waals surface area contributed by atoms with Crippen LogP contribution < -0.4 is 19.5 Å². The predicted molar refractivity (Wildman–Crippen MR) is 125 cm³/mol. The Morgan fingerprint density at radius 2 is 1.56 bits per heavy atom. The van der Waals surface area contributed by atoms with Gasteiger partial charge in [-0.1, -0.05) is 18.2 Å². The van der Waals surface area contributed by atoms with Gasteiger partial charge in [-0.05, 0) is 55.5 Å². The Bertz CT molecular complexity index is 1290. The second kappa shape index (κ2) is 9.84. The number of carbonyl (C=O) groups excluding carboxylic acids is 2. The van der Waals surface area contributed by atoms with Gasteiger partial charge in [0.15, 0.2) is 17.6 Å². The number of rotatable bonds is 7. The van der Waals surface area contributed by atoms with Crippen molar-refractivity contribution in [3.8, 4) is 11.5 Å². The number of esters is 1. The zero-order chi connectivity index (χ0) is 24.1. The smallest absolute Gasteiger partial charge is 0.338 e. The summed E-state index contributed by atoms with van der Waals surface area (Å²) in [6, 6.07) is 18.8. The average molecular weight is 483 g/mol. The molecular formula is C24H22N2O7S. The van der Waals surface area contributed by atoms with E-state index in [9.17, 15) is 18.0 Å². The zero-order valence-electron chi connectivity index (χ0n) is 18.2. The van der Waals surface area contributed by atoms with E-state index >= 15 is 0 Å². The van der Waals surface area contributed by atoms with Gasteiger partial charge in [-0.2, -0.15) is 0 Å². The molecule has 1 heterocycles. The van der Waals surface area contributed by atoms with E-state index < -0.39 is 28.0 Å². The summed E-state index contributed by atoms with van der Waals surface area (Å²) < 4.78 is 44.0. The summed E-state index contributed by atoms with van der Waals surface area (Å²) in [6.45, 7) is 2.21. The maximum absolute atomic E-state index is 12.7. The summed E-state index contributed by atoms with van der Waals surface area (Å²) in [4.78, 5) is 24.6. The van der Waals surface area contributed by atoms with Crippen LogP contribution in [-0.4, -0.2) is 39.6 Å². The average Bonchev–Trinajstić information content (AvgIpc) is 2.84. The first-order valence-corrected chi connectivity index (χ1v) is 11.9. The van der Waals surface area contributed by atoms with E-state index in [-0.39, 0.29) is 16.1 Å². The summed E-state index contributed by atoms with van der Waals surface area (Å²) >= 11 is 0. The lowest BCUT2D eigenvalue weighted by atomic mass is 10.2. The number of hydrogen-bond acceptors (Lipinski definition) is 7. The lowest BCUT2D eigenvalue weighted by Crippen LogP contribution is -2.30. The number of benzene rings is 3. The van der Waals surface area contributed by atoms with Crippen molar-refractivity contribution in [2.24, 2.45) is 0 Å². The number of amides is 1. The van der Waals surface area contributed by atoms with E-state index in [0.29, 0.717) is 30.4 Å². The monoisotopic (exact) mass is 482 g/mol. The van der Waals surface area contributed by atoms with E-state index in [1.165, 1.54) is 49.4 Å². The van der Waals surface area contributed by atoms with Crippen LogP contribution in [0.4, 0.5) is 11.4 Å². The van der Waals surface area contributed by atoms with E-state index in [2.05, 4.69) is 10.0 Å². The van der Waals surface area contributed by atoms with Gasteiger partial charge in [0, 0.05) is 17.4 Å². The molecule has 1 unspecified atom stereocenters. The fraction of sp³-hybridized carbons (Fsp3) is 0.167. The van der Waals surface area contributed by atoms with Crippen LogP contribution in [0.25, 0.3) is 0 Å². The van der Waals surface area contributed by atoms with Crippen LogP contribution in [0.5, 0.6) is 11.5 Å². The lowest BCUT2D eigenvalue weighted by Gasteiger charge is -2.19. The van der Waals surface area contributed by atoms with Gasteiger partial charge in [0.25, 0.3) is 15.9 Å². The second-order valence-corrected chi connectivity index (χ2v) is 9.07. The maximum Gasteiger partial charge on any atom is 0.338 e. The zero-order valence-corrected chi connectivity index (χ0v) is 19.0. The van der Waals surface area contributed by atoms with E-state index in [1.54, 1.807) is 24.3 Å². The van der Waals surface area contributed by atoms with Gasteiger partial charge in [0.05, 0.1) is 10.5 Å². The van der Waals surface area contributed by atoms with E-state index in [4.69, 9.17) is 14.2 Å². The Hall–Kier alpha value is -4.05. The van der Waals surface area contributed by atoms with Gasteiger partial charge in [0.1, 0.15) is 13.2 Å². The molecule has 10 heteroatoms. The molecule has 0 radical (unpaired) electrons. The van der Waals surface area contributed by atoms with Gasteiger partial charge in [-0.15, -0.1) is 0 Å². The molecule has 1 aliphatic heterocycles. The first kappa shape index (κ1) is 23.1. The fourth-order valence-electron chi connectivity index (χ4n) is 3.13. The van der Waals surface area contributed by atoms with Gasteiger partial charge in [-0.25, -0.2) is 13.2 Å². The molecule has 9 nitrogen and oxygen atoms in total. The largest absolute Gasteiger partial charge is 0.486 e. The topological polar surface area (TPSA) is 120 Å². The van der Waals surface area contributed by atoms with E-state index in [1.807, 2.05) is 6.07 Å². The highest BCUT2D eigenvalue weighted by Gasteiger charge is 2.21. The Labute approximate surface area is 196 Å². The number of para-hydroxylation sites is 1. The molecule has 0 aromatic heterocycles. The van der Waals surface area contributed by atoms with Crippen LogP contribution in [0.15, 0.2) is 77.7 Å². The molecule has 1 aliphatic rings. The third-order valence-corrected chi connectivity index (χ3v) is 6.27. The second-order valence-electron chi connectivity index (χ2n) is 7.39. The highest BCUT2D eigenvalue weighted by molar-refractivity contribution is 7.92. The van der Waals surface area contributed by atoms with Crippen molar-refractivity contribution in [2.45, 2.75) is 17.9 Å². The maximum atomic E-state index is 12.7. The minimum atomic E-state index is -3.89. The number of anilines is 2. The number of fused-ring (bicyclic) bond motifs is 1. The molecule has 0 saturated carbocycles. The first-order chi connectivity index (χ1) is 16.3. The molecule has 0 saturated heterocycles. The van der Waals surface area contributed by atoms with Crippen molar-refractivity contribution in [1.29, 1.82) is 0 Å². The third kappa shape index (κ3) is 5.46. The number of nitrogens with one attached hydrogen (secondary N) is 2. The van der Waals surface area contributed by atoms with Crippen molar-refractivity contribution in [2.75, 3.05) is 23.3 Å². The Balaban J connectivity index is 1.37. The predicted octanol–water partition coefficient (Wildman–Crippen LogP) is 3.44. The molecule has 176 valence electrons. The van der Waals surface area contributed by atoms with Gasteiger partial charge < -0.3 is 19.5 Å². The van der Waals surface area contributed by atoms with Crippen molar-refractivity contribution < 1.29 is 32.2 Å². The molecule has 3 aromatic carbocycles. The van der Waals surface area contributed by atoms with Crippen molar-refractivity contribution in [1.82, 2.24) is 0 Å². The standard InChI is InChI=1S/C24H22N2O7S/c1-16(23(27)25-18-5-3-2-4-6-18)33-24(28)17-7-9-19(10-8-17)26-34(29,30)20-11-12-21-22(15-20)32-14-13-31-21/h2-12,15-16,26H,13-14H2,1H3,(H,25,27). The highest BCUT2D eigenvalue weighted by atomic mass is 32.2. The lowest BCUT2D eigenvalue weighted by molar-refractivity contribution is -0.123. The number of sulfonamides is 1. The Kier molecular flexibility index (Phi) is 6.69. The summed E-state index contributed by atoms with van der Waals surface area (Å²) in [5.41, 5.74) is 1.01. The Morgan fingerprint density at radius 3 is 2.26 bits per heavy atom. The molecule has 4 rings (SSSR count). The molecule has 3 aromatic rings. The molecule has 0 aliphatic carbocycles. The minimum Gasteiger partial charge on any atom is -0.486 e. The quantitative estimate of drug-likeness (QED) is 0.495. The van der Waals surface area contributed by atoms with Crippen LogP contribution in [0.3, 0.4) is 0 Å². The summed E-state index contributed by atoms with van der Waals surface area (Å²) in [5.74, 6) is -0.335. The van der Waals surface area contributed by atoms with Crippen molar-refractivity contribution in [3.05, 3.63) is 78.4 Å². The highest BCUT2D eigenvalue weighted by Crippen LogP contribution is 2.32. The van der Waals surface area contributed by atoms with Crippen molar-refractivity contribution >= 4 is 33.3 Å². The first-order valence-electron chi connectivity index (χ1n) is 10.4. The van der Waals surface area contributed by atoms with Gasteiger partial charge in [-0.3, -0.25) is 9.52 Å². The Morgan fingerprint density at radius 1 is 0.882 bits per heavy atom. The third-order valence-electron chi connectivity index (χ3n) is 4.89. The van der Waals surface area contributed by atoms with Crippen LogP contribution >= 0.6 is 0 Å². The SMILES string of the molecule is CC(OC(=O)c1ccc(NS(=O)(=O)c2ccc3c(c2)OCCO3)cc1)C(=O)Nc1ccccc1. The molecule has 2 N–H and O–H groups in total. The van der Waals surface area contributed by atoms with Crippen LogP contribution in [0, 0.1) is 0 Å². The molecule has 0 fully saturated rings. The minimum absolute atomic E-state index is 0.0125. The summed E-state index contributed by atoms with van der Waals surface area (Å²) in [5, 5.41) is 2.66. The fourth-order valence-corrected chi connectivity index (χ4v) is 4.20. The number of hydrogen-bond donors (Lipinski definition) is 2. The van der Waals surface area contributed by atoms with E-state index in [0.717, 1.165) is 0 Å². The number of ether oxygens (including phenoxy) is 3. The van der Waals surface area contributed by atoms with Crippen LogP contribution in [-0.2, 0) is 19.6 Å².